The van der Waals surface area contributed by atoms with Gasteiger partial charge in [-0.25, -0.2) is 4.98 Å². The number of aromatic nitrogens is 1. The van der Waals surface area contributed by atoms with E-state index < -0.39 is 0 Å². The molecule has 29 heavy (non-hydrogen) atoms. The van der Waals surface area contributed by atoms with Gasteiger partial charge in [-0.15, -0.1) is 0 Å². The second kappa shape index (κ2) is 9.30. The molecule has 0 spiro atoms. The fourth-order valence-corrected chi connectivity index (χ4v) is 3.96. The molecule has 0 unspecified atom stereocenters. The average molecular weight is 391 g/mol. The van der Waals surface area contributed by atoms with Gasteiger partial charge < -0.3 is 15.0 Å². The number of benzene rings is 1. The maximum atomic E-state index is 5.53. The van der Waals surface area contributed by atoms with E-state index in [0.717, 1.165) is 63.1 Å². The van der Waals surface area contributed by atoms with E-state index in [9.17, 15) is 0 Å². The molecule has 0 amide bonds. The van der Waals surface area contributed by atoms with Gasteiger partial charge in [0.2, 0.25) is 0 Å². The molecule has 0 aliphatic carbocycles. The van der Waals surface area contributed by atoms with Crippen LogP contribution in [0.15, 0.2) is 30.3 Å². The fraction of sp³-hybridized carbons (Fsp3) is 0.458. The number of anilines is 2. The summed E-state index contributed by atoms with van der Waals surface area (Å²) in [6.07, 6.45) is 2.58. The summed E-state index contributed by atoms with van der Waals surface area (Å²) in [6, 6.07) is 10.8. The molecule has 1 aromatic carbocycles. The Hall–Kier alpha value is -2.55. The smallest absolute Gasteiger partial charge is 0.130 e. The van der Waals surface area contributed by atoms with Crippen molar-refractivity contribution in [2.45, 2.75) is 19.8 Å². The molecule has 2 aromatic rings. The first-order valence-electron chi connectivity index (χ1n) is 10.6. The van der Waals surface area contributed by atoms with Crippen molar-refractivity contribution in [1.29, 1.82) is 0 Å². The van der Waals surface area contributed by atoms with Crippen LogP contribution in [0, 0.1) is 18.8 Å². The van der Waals surface area contributed by atoms with Crippen LogP contribution in [0.25, 0.3) is 11.1 Å². The highest BCUT2D eigenvalue weighted by Gasteiger charge is 2.15. The van der Waals surface area contributed by atoms with Crippen LogP contribution in [0.2, 0.25) is 0 Å². The lowest BCUT2D eigenvalue weighted by Crippen LogP contribution is -2.36. The number of rotatable bonds is 4. The van der Waals surface area contributed by atoms with E-state index >= 15 is 0 Å². The summed E-state index contributed by atoms with van der Waals surface area (Å²) in [5.74, 6) is 7.67. The number of nitrogens with one attached hydrogen (secondary N) is 1. The van der Waals surface area contributed by atoms with Crippen LogP contribution in [0.5, 0.6) is 0 Å². The van der Waals surface area contributed by atoms with Crippen molar-refractivity contribution in [3.63, 3.8) is 0 Å². The molecule has 2 aliphatic heterocycles. The summed E-state index contributed by atoms with van der Waals surface area (Å²) in [6.45, 7) is 8.54. The van der Waals surface area contributed by atoms with E-state index in [0.29, 0.717) is 0 Å². The van der Waals surface area contributed by atoms with E-state index in [1.165, 1.54) is 29.5 Å². The third kappa shape index (κ3) is 4.90. The predicted octanol–water partition coefficient (Wildman–Crippen LogP) is 3.38. The molecular formula is C24H30N4O. The quantitative estimate of drug-likeness (QED) is 0.811. The summed E-state index contributed by atoms with van der Waals surface area (Å²) in [5.41, 5.74) is 5.59. The van der Waals surface area contributed by atoms with Gasteiger partial charge in [-0.2, -0.15) is 0 Å². The number of hydrogen-bond donors (Lipinski definition) is 1. The zero-order valence-electron chi connectivity index (χ0n) is 17.5. The van der Waals surface area contributed by atoms with E-state index in [-0.39, 0.29) is 0 Å². The van der Waals surface area contributed by atoms with Crippen LogP contribution in [0.3, 0.4) is 0 Å². The van der Waals surface area contributed by atoms with E-state index in [2.05, 4.69) is 64.2 Å². The Morgan fingerprint density at radius 3 is 2.62 bits per heavy atom. The number of pyridine rings is 1. The zero-order chi connectivity index (χ0) is 20.1. The standard InChI is InChI=1S/C24H30N4O/c1-19-7-8-21(25-2)18-23(19)20-16-22(6-5-11-27-9-3-4-10-27)26-24(17-20)28-12-14-29-15-13-28/h7-8,16-18,25H,3-4,9-15H2,1-2H3. The molecule has 2 aliphatic rings. The van der Waals surface area contributed by atoms with Gasteiger partial charge in [0.05, 0.1) is 19.8 Å². The molecule has 152 valence electrons. The van der Waals surface area contributed by atoms with Gasteiger partial charge in [0.25, 0.3) is 0 Å². The average Bonchev–Trinajstić information content (AvgIpc) is 3.28. The highest BCUT2D eigenvalue weighted by molar-refractivity contribution is 5.74. The van der Waals surface area contributed by atoms with Crippen LogP contribution in [0.4, 0.5) is 11.5 Å². The first kappa shape index (κ1) is 19.8. The zero-order valence-corrected chi connectivity index (χ0v) is 17.5. The maximum absolute atomic E-state index is 5.53. The number of aryl methyl sites for hydroxylation is 1. The van der Waals surface area contributed by atoms with Gasteiger partial charge in [-0.05, 0) is 79.7 Å². The lowest BCUT2D eigenvalue weighted by molar-refractivity contribution is 0.122. The van der Waals surface area contributed by atoms with Crippen molar-refractivity contribution in [1.82, 2.24) is 9.88 Å². The van der Waals surface area contributed by atoms with Crippen LogP contribution >= 0.6 is 0 Å². The van der Waals surface area contributed by atoms with Crippen molar-refractivity contribution in [3.05, 3.63) is 41.6 Å². The van der Waals surface area contributed by atoms with Crippen LogP contribution in [-0.2, 0) is 4.74 Å². The third-order valence-electron chi connectivity index (χ3n) is 5.70. The number of morpholine rings is 1. The van der Waals surface area contributed by atoms with Gasteiger partial charge in [0, 0.05) is 25.8 Å². The van der Waals surface area contributed by atoms with E-state index in [1.54, 1.807) is 0 Å². The molecule has 1 aromatic heterocycles. The molecule has 2 saturated heterocycles. The second-order valence-electron chi connectivity index (χ2n) is 7.76. The molecule has 0 bridgehead atoms. The van der Waals surface area contributed by atoms with Gasteiger partial charge in [-0.1, -0.05) is 12.0 Å². The second-order valence-corrected chi connectivity index (χ2v) is 7.76. The van der Waals surface area contributed by atoms with Crippen molar-refractivity contribution in [2.75, 3.05) is 63.2 Å². The third-order valence-corrected chi connectivity index (χ3v) is 5.70. The monoisotopic (exact) mass is 390 g/mol. The van der Waals surface area contributed by atoms with Crippen LogP contribution < -0.4 is 10.2 Å². The summed E-state index contributed by atoms with van der Waals surface area (Å²) >= 11 is 0. The largest absolute Gasteiger partial charge is 0.388 e. The molecule has 5 nitrogen and oxygen atoms in total. The summed E-state index contributed by atoms with van der Waals surface area (Å²) in [4.78, 5) is 9.60. The lowest BCUT2D eigenvalue weighted by Gasteiger charge is -2.28. The molecule has 0 saturated carbocycles. The molecule has 5 heteroatoms. The van der Waals surface area contributed by atoms with Crippen LogP contribution in [-0.4, -0.2) is 62.9 Å². The Bertz CT molecular complexity index is 903. The molecule has 0 radical (unpaired) electrons. The molecule has 2 fully saturated rings. The van der Waals surface area contributed by atoms with Gasteiger partial charge in [0.1, 0.15) is 11.5 Å². The maximum Gasteiger partial charge on any atom is 0.130 e. The van der Waals surface area contributed by atoms with Gasteiger partial charge in [0.15, 0.2) is 0 Å². The first-order chi connectivity index (χ1) is 14.2. The van der Waals surface area contributed by atoms with Gasteiger partial charge in [-0.3, -0.25) is 4.90 Å². The number of ether oxygens (including phenoxy) is 1. The Labute approximate surface area is 174 Å². The van der Waals surface area contributed by atoms with Crippen LogP contribution in [0.1, 0.15) is 24.1 Å². The normalized spacial score (nSPS) is 17.1. The summed E-state index contributed by atoms with van der Waals surface area (Å²) < 4.78 is 5.53. The summed E-state index contributed by atoms with van der Waals surface area (Å²) in [5, 5.41) is 3.25. The molecule has 1 N–H and O–H groups in total. The van der Waals surface area contributed by atoms with Gasteiger partial charge >= 0.3 is 0 Å². The highest BCUT2D eigenvalue weighted by atomic mass is 16.5. The SMILES string of the molecule is CNc1ccc(C)c(-c2cc(C#CCN3CCCC3)nc(N3CCOCC3)c2)c1. The molecule has 3 heterocycles. The van der Waals surface area contributed by atoms with E-state index in [1.807, 2.05) is 7.05 Å². The highest BCUT2D eigenvalue weighted by Crippen LogP contribution is 2.30. The fourth-order valence-electron chi connectivity index (χ4n) is 3.96. The lowest BCUT2D eigenvalue weighted by atomic mass is 9.99. The van der Waals surface area contributed by atoms with Crippen molar-refractivity contribution in [3.8, 4) is 23.0 Å². The van der Waals surface area contributed by atoms with Crippen molar-refractivity contribution < 1.29 is 4.74 Å². The minimum Gasteiger partial charge on any atom is -0.388 e. The Morgan fingerprint density at radius 2 is 1.86 bits per heavy atom. The molecular weight excluding hydrogens is 360 g/mol. The molecule has 0 atom stereocenters. The Balaban J connectivity index is 1.69. The Morgan fingerprint density at radius 1 is 1.07 bits per heavy atom. The van der Waals surface area contributed by atoms with Crippen molar-refractivity contribution >= 4 is 11.5 Å². The molecule has 4 rings (SSSR count). The Kier molecular flexibility index (Phi) is 6.33. The number of likely N-dealkylation sites (tertiary alicyclic amines) is 1. The minimum atomic E-state index is 0.746. The number of hydrogen-bond acceptors (Lipinski definition) is 5. The minimum absolute atomic E-state index is 0.746. The predicted molar refractivity (Wildman–Crippen MR) is 120 cm³/mol. The first-order valence-corrected chi connectivity index (χ1v) is 10.6. The summed E-state index contributed by atoms with van der Waals surface area (Å²) in [7, 11) is 1.95. The van der Waals surface area contributed by atoms with E-state index in [4.69, 9.17) is 9.72 Å². The van der Waals surface area contributed by atoms with Crippen molar-refractivity contribution in [2.24, 2.45) is 0 Å². The topological polar surface area (TPSA) is 40.6 Å². The number of nitrogens with zero attached hydrogens (tertiary/aromatic N) is 3.